The van der Waals surface area contributed by atoms with Crippen LogP contribution in [0.5, 0.6) is 0 Å². The average molecular weight is 369 g/mol. The van der Waals surface area contributed by atoms with E-state index in [1.54, 1.807) is 11.3 Å². The first-order valence-electron chi connectivity index (χ1n) is 7.77. The quantitative estimate of drug-likeness (QED) is 0.760. The number of aromatic nitrogens is 2. The van der Waals surface area contributed by atoms with Gasteiger partial charge in [0, 0.05) is 4.88 Å². The monoisotopic (exact) mass is 368 g/mol. The van der Waals surface area contributed by atoms with Crippen molar-refractivity contribution in [2.24, 2.45) is 5.92 Å². The fourth-order valence-corrected chi connectivity index (χ4v) is 5.29. The molecule has 0 bridgehead atoms. The Bertz CT molecular complexity index is 622. The number of nitrogens with zero attached hydrogens (tertiary/aromatic N) is 2. The third kappa shape index (κ3) is 4.68. The summed E-state index contributed by atoms with van der Waals surface area (Å²) in [5, 5.41) is 13.5. The fourth-order valence-electron chi connectivity index (χ4n) is 2.98. The predicted molar refractivity (Wildman–Crippen MR) is 96.8 cm³/mol. The van der Waals surface area contributed by atoms with Gasteiger partial charge in [0.25, 0.3) is 0 Å². The van der Waals surface area contributed by atoms with E-state index < -0.39 is 0 Å². The first kappa shape index (κ1) is 16.7. The van der Waals surface area contributed by atoms with E-state index in [2.05, 4.69) is 33.0 Å². The van der Waals surface area contributed by atoms with Crippen molar-refractivity contribution in [3.05, 3.63) is 22.4 Å². The van der Waals surface area contributed by atoms with Crippen LogP contribution in [0.15, 0.2) is 21.9 Å². The van der Waals surface area contributed by atoms with E-state index in [1.165, 1.54) is 60.1 Å². The van der Waals surface area contributed by atoms with Gasteiger partial charge in [-0.3, -0.25) is 4.79 Å². The number of hydrogen-bond acceptors (Lipinski definition) is 7. The standard InChI is InChI=1S/C15H20N4OS3/c16-14-18-19-15(23-14)22-9-12(20)17-13(11-7-4-8-21-11)10-5-2-1-3-6-10/h4,7-8,10,13H,1-3,5-6,9H2,(H2,16,18)(H,17,20). The van der Waals surface area contributed by atoms with Gasteiger partial charge in [-0.1, -0.05) is 48.4 Å². The lowest BCUT2D eigenvalue weighted by Gasteiger charge is -2.30. The second-order valence-electron chi connectivity index (χ2n) is 5.65. The summed E-state index contributed by atoms with van der Waals surface area (Å²) in [4.78, 5) is 13.6. The van der Waals surface area contributed by atoms with E-state index in [-0.39, 0.29) is 11.9 Å². The van der Waals surface area contributed by atoms with Crippen molar-refractivity contribution in [3.63, 3.8) is 0 Å². The zero-order chi connectivity index (χ0) is 16.1. The first-order chi connectivity index (χ1) is 11.2. The maximum absolute atomic E-state index is 12.4. The molecule has 0 radical (unpaired) electrons. The summed E-state index contributed by atoms with van der Waals surface area (Å²) in [7, 11) is 0. The zero-order valence-electron chi connectivity index (χ0n) is 12.7. The van der Waals surface area contributed by atoms with Gasteiger partial charge in [-0.15, -0.1) is 21.5 Å². The Labute approximate surface area is 148 Å². The van der Waals surface area contributed by atoms with E-state index in [9.17, 15) is 4.79 Å². The molecule has 1 fully saturated rings. The number of anilines is 1. The Morgan fingerprint density at radius 2 is 2.22 bits per heavy atom. The lowest BCUT2D eigenvalue weighted by atomic mass is 9.83. The normalized spacial score (nSPS) is 17.0. The van der Waals surface area contributed by atoms with E-state index >= 15 is 0 Å². The molecule has 23 heavy (non-hydrogen) atoms. The number of thiophene rings is 1. The molecule has 3 N–H and O–H groups in total. The summed E-state index contributed by atoms with van der Waals surface area (Å²) < 4.78 is 0.739. The minimum atomic E-state index is 0.0488. The van der Waals surface area contributed by atoms with Gasteiger partial charge in [-0.05, 0) is 30.2 Å². The van der Waals surface area contributed by atoms with Crippen LogP contribution in [-0.2, 0) is 4.79 Å². The van der Waals surface area contributed by atoms with Gasteiger partial charge in [-0.2, -0.15) is 0 Å². The Morgan fingerprint density at radius 3 is 2.87 bits per heavy atom. The van der Waals surface area contributed by atoms with Crippen molar-refractivity contribution in [3.8, 4) is 0 Å². The number of rotatable bonds is 6. The summed E-state index contributed by atoms with van der Waals surface area (Å²) in [6.07, 6.45) is 6.24. The molecule has 3 rings (SSSR count). The number of carbonyl (C=O) groups excluding carboxylic acids is 1. The minimum absolute atomic E-state index is 0.0488. The van der Waals surface area contributed by atoms with Crippen LogP contribution in [-0.4, -0.2) is 21.9 Å². The van der Waals surface area contributed by atoms with Crippen LogP contribution < -0.4 is 11.1 Å². The molecule has 0 spiro atoms. The van der Waals surface area contributed by atoms with Gasteiger partial charge in [0.05, 0.1) is 11.8 Å². The molecular formula is C15H20N4OS3. The molecule has 1 atom stereocenters. The number of nitrogens with two attached hydrogens (primary N) is 1. The molecule has 0 saturated heterocycles. The van der Waals surface area contributed by atoms with E-state index in [4.69, 9.17) is 5.73 Å². The van der Waals surface area contributed by atoms with Gasteiger partial charge in [0.1, 0.15) is 0 Å². The van der Waals surface area contributed by atoms with E-state index in [0.717, 1.165) is 4.34 Å². The van der Waals surface area contributed by atoms with Gasteiger partial charge in [0.15, 0.2) is 4.34 Å². The number of carbonyl (C=O) groups is 1. The second-order valence-corrected chi connectivity index (χ2v) is 8.86. The highest BCUT2D eigenvalue weighted by Gasteiger charge is 2.27. The van der Waals surface area contributed by atoms with Gasteiger partial charge < -0.3 is 11.1 Å². The Morgan fingerprint density at radius 1 is 1.39 bits per heavy atom. The number of amides is 1. The molecule has 8 heteroatoms. The summed E-state index contributed by atoms with van der Waals surface area (Å²) in [6, 6.07) is 4.33. The van der Waals surface area contributed by atoms with Crippen LogP contribution in [0.1, 0.15) is 43.0 Å². The summed E-state index contributed by atoms with van der Waals surface area (Å²) in [5.41, 5.74) is 5.56. The average Bonchev–Trinajstić information content (AvgIpc) is 3.23. The predicted octanol–water partition coefficient (Wildman–Crippen LogP) is 3.71. The Hall–Kier alpha value is -1.12. The minimum Gasteiger partial charge on any atom is -0.374 e. The number of hydrogen-bond donors (Lipinski definition) is 2. The molecule has 1 aliphatic carbocycles. The van der Waals surface area contributed by atoms with Crippen molar-refractivity contribution in [2.45, 2.75) is 42.5 Å². The Kier molecular flexibility index (Phi) is 5.91. The molecule has 0 aromatic carbocycles. The van der Waals surface area contributed by atoms with Gasteiger partial charge in [-0.25, -0.2) is 0 Å². The van der Waals surface area contributed by atoms with Gasteiger partial charge >= 0.3 is 0 Å². The molecule has 2 heterocycles. The molecule has 5 nitrogen and oxygen atoms in total. The highest BCUT2D eigenvalue weighted by atomic mass is 32.2. The second kappa shape index (κ2) is 8.12. The smallest absolute Gasteiger partial charge is 0.230 e. The zero-order valence-corrected chi connectivity index (χ0v) is 15.2. The van der Waals surface area contributed by atoms with Crippen LogP contribution in [0.4, 0.5) is 5.13 Å². The van der Waals surface area contributed by atoms with Crippen LogP contribution in [0.3, 0.4) is 0 Å². The van der Waals surface area contributed by atoms with Crippen LogP contribution >= 0.6 is 34.4 Å². The Balaban J connectivity index is 1.59. The summed E-state index contributed by atoms with van der Waals surface area (Å²) in [5.74, 6) is 0.949. The summed E-state index contributed by atoms with van der Waals surface area (Å²) >= 11 is 4.43. The first-order valence-corrected chi connectivity index (χ1v) is 10.4. The number of nitrogen functional groups attached to an aromatic ring is 1. The largest absolute Gasteiger partial charge is 0.374 e. The molecule has 2 aromatic heterocycles. The SMILES string of the molecule is Nc1nnc(SCC(=O)NC(c2cccs2)C2CCCCC2)s1. The van der Waals surface area contributed by atoms with E-state index in [0.29, 0.717) is 16.8 Å². The lowest BCUT2D eigenvalue weighted by Crippen LogP contribution is -2.35. The molecule has 1 unspecified atom stereocenters. The molecular weight excluding hydrogens is 348 g/mol. The van der Waals surface area contributed by atoms with Crippen molar-refractivity contribution in [1.29, 1.82) is 0 Å². The summed E-state index contributed by atoms with van der Waals surface area (Å²) in [6.45, 7) is 0. The third-order valence-corrected chi connectivity index (χ3v) is 6.88. The maximum Gasteiger partial charge on any atom is 0.230 e. The highest BCUT2D eigenvalue weighted by Crippen LogP contribution is 2.36. The van der Waals surface area contributed by atoms with Crippen molar-refractivity contribution >= 4 is 45.5 Å². The molecule has 1 amide bonds. The van der Waals surface area contributed by atoms with Crippen molar-refractivity contribution in [1.82, 2.24) is 15.5 Å². The van der Waals surface area contributed by atoms with Crippen LogP contribution in [0.25, 0.3) is 0 Å². The molecule has 124 valence electrons. The lowest BCUT2D eigenvalue weighted by molar-refractivity contribution is -0.119. The van der Waals surface area contributed by atoms with Crippen LogP contribution in [0.2, 0.25) is 0 Å². The molecule has 1 saturated carbocycles. The van der Waals surface area contributed by atoms with Crippen molar-refractivity contribution in [2.75, 3.05) is 11.5 Å². The van der Waals surface area contributed by atoms with E-state index in [1.807, 2.05) is 0 Å². The number of nitrogens with one attached hydrogen (secondary N) is 1. The molecule has 2 aromatic rings. The number of thioether (sulfide) groups is 1. The fraction of sp³-hybridized carbons (Fsp3) is 0.533. The maximum atomic E-state index is 12.4. The molecule has 1 aliphatic rings. The van der Waals surface area contributed by atoms with Crippen molar-refractivity contribution < 1.29 is 4.79 Å². The van der Waals surface area contributed by atoms with Gasteiger partial charge in [0.2, 0.25) is 11.0 Å². The van der Waals surface area contributed by atoms with Crippen LogP contribution in [0, 0.1) is 5.92 Å². The third-order valence-electron chi connectivity index (χ3n) is 4.04. The highest BCUT2D eigenvalue weighted by molar-refractivity contribution is 8.01. The molecule has 0 aliphatic heterocycles. The topological polar surface area (TPSA) is 80.9 Å².